The predicted octanol–water partition coefficient (Wildman–Crippen LogP) is 2.85. The highest BCUT2D eigenvalue weighted by atomic mass is 79.9. The minimum Gasteiger partial charge on any atom is -0.470 e. The number of rotatable bonds is 3. The van der Waals surface area contributed by atoms with Gasteiger partial charge in [0.15, 0.2) is 5.82 Å². The van der Waals surface area contributed by atoms with Crippen LogP contribution in [0.25, 0.3) is 0 Å². The Hall–Kier alpha value is -1.69. The molecule has 0 saturated carbocycles. The van der Waals surface area contributed by atoms with Gasteiger partial charge in [-0.1, -0.05) is 6.07 Å². The highest BCUT2D eigenvalue weighted by Gasteiger charge is 2.07. The zero-order valence-corrected chi connectivity index (χ0v) is 11.2. The minimum atomic E-state index is -0.299. The average Bonchev–Trinajstić information content (AvgIpc) is 2.34. The zero-order chi connectivity index (χ0) is 13.1. The summed E-state index contributed by atoms with van der Waals surface area (Å²) in [4.78, 5) is 7.95. The Labute approximate surface area is 112 Å². The minimum absolute atomic E-state index is 0.193. The molecular formula is C12H11BrFN3O. The predicted molar refractivity (Wildman–Crippen MR) is 69.6 cm³/mol. The van der Waals surface area contributed by atoms with Crippen LogP contribution in [0.5, 0.6) is 5.88 Å². The highest BCUT2D eigenvalue weighted by molar-refractivity contribution is 9.10. The lowest BCUT2D eigenvalue weighted by Crippen LogP contribution is -2.04. The maximum absolute atomic E-state index is 13.1. The molecule has 0 fully saturated rings. The molecule has 94 valence electrons. The van der Waals surface area contributed by atoms with Gasteiger partial charge < -0.3 is 10.5 Å². The third-order valence-corrected chi connectivity index (χ3v) is 2.80. The topological polar surface area (TPSA) is 61.0 Å². The van der Waals surface area contributed by atoms with E-state index < -0.39 is 0 Å². The van der Waals surface area contributed by atoms with Gasteiger partial charge in [-0.15, -0.1) is 0 Å². The second kappa shape index (κ2) is 5.30. The number of nitrogens with two attached hydrogens (primary N) is 1. The van der Waals surface area contributed by atoms with Gasteiger partial charge >= 0.3 is 0 Å². The molecule has 0 bridgehead atoms. The van der Waals surface area contributed by atoms with E-state index in [1.807, 2.05) is 6.92 Å². The first-order valence-corrected chi connectivity index (χ1v) is 6.01. The van der Waals surface area contributed by atoms with Gasteiger partial charge in [-0.3, -0.25) is 0 Å². The molecule has 0 saturated heterocycles. The third-order valence-electron chi connectivity index (χ3n) is 2.41. The van der Waals surface area contributed by atoms with Crippen molar-refractivity contribution in [1.29, 1.82) is 0 Å². The maximum Gasteiger partial charge on any atom is 0.258 e. The van der Waals surface area contributed by atoms with E-state index in [2.05, 4.69) is 25.9 Å². The van der Waals surface area contributed by atoms with Crippen LogP contribution in [-0.2, 0) is 6.61 Å². The van der Waals surface area contributed by atoms with Gasteiger partial charge in [-0.05, 0) is 46.1 Å². The lowest BCUT2D eigenvalue weighted by atomic mass is 10.1. The Bertz CT molecular complexity index is 526. The van der Waals surface area contributed by atoms with E-state index in [9.17, 15) is 4.39 Å². The van der Waals surface area contributed by atoms with Crippen LogP contribution in [0.2, 0.25) is 0 Å². The average molecular weight is 312 g/mol. The molecule has 4 nitrogen and oxygen atoms in total. The first-order valence-electron chi connectivity index (χ1n) is 5.22. The second-order valence-electron chi connectivity index (χ2n) is 3.74. The molecule has 0 aliphatic carbocycles. The largest absolute Gasteiger partial charge is 0.470 e. The molecule has 0 aliphatic heterocycles. The second-order valence-corrected chi connectivity index (χ2v) is 4.56. The van der Waals surface area contributed by atoms with E-state index in [1.165, 1.54) is 18.3 Å². The third kappa shape index (κ3) is 2.95. The van der Waals surface area contributed by atoms with Gasteiger partial charge in [0.05, 0.1) is 6.20 Å². The van der Waals surface area contributed by atoms with Crippen LogP contribution in [0, 0.1) is 12.7 Å². The first-order chi connectivity index (χ1) is 8.56. The van der Waals surface area contributed by atoms with Crippen LogP contribution in [0.4, 0.5) is 10.2 Å². The summed E-state index contributed by atoms with van der Waals surface area (Å²) in [6, 6.07) is 4.53. The zero-order valence-electron chi connectivity index (χ0n) is 9.65. The fraction of sp³-hybridized carbons (Fsp3) is 0.167. The summed E-state index contributed by atoms with van der Waals surface area (Å²) in [6.07, 6.45) is 1.48. The van der Waals surface area contributed by atoms with Crippen molar-refractivity contribution in [1.82, 2.24) is 9.97 Å². The van der Waals surface area contributed by atoms with Gasteiger partial charge in [-0.25, -0.2) is 14.4 Å². The summed E-state index contributed by atoms with van der Waals surface area (Å²) in [7, 11) is 0. The molecule has 0 unspecified atom stereocenters. The molecule has 2 N–H and O–H groups in total. The number of ether oxygens (including phenoxy) is 1. The smallest absolute Gasteiger partial charge is 0.258 e. The number of nitrogen functional groups attached to an aromatic ring is 1. The molecule has 1 aromatic carbocycles. The summed E-state index contributed by atoms with van der Waals surface area (Å²) in [5, 5.41) is 0. The van der Waals surface area contributed by atoms with E-state index in [0.717, 1.165) is 11.1 Å². The number of benzene rings is 1. The van der Waals surface area contributed by atoms with Crippen LogP contribution in [0.1, 0.15) is 11.1 Å². The molecule has 0 spiro atoms. The van der Waals surface area contributed by atoms with Crippen molar-refractivity contribution in [2.75, 3.05) is 5.73 Å². The molecule has 0 radical (unpaired) electrons. The van der Waals surface area contributed by atoms with E-state index in [0.29, 0.717) is 4.60 Å². The number of anilines is 1. The SMILES string of the molecule is Cc1ccc(F)cc1COc1nc(Br)cnc1N. The Kier molecular flexibility index (Phi) is 3.76. The van der Waals surface area contributed by atoms with Crippen molar-refractivity contribution in [3.8, 4) is 5.88 Å². The van der Waals surface area contributed by atoms with Crippen LogP contribution >= 0.6 is 15.9 Å². The molecule has 0 aliphatic rings. The Morgan fingerprint density at radius 3 is 3.00 bits per heavy atom. The number of hydrogen-bond acceptors (Lipinski definition) is 4. The Morgan fingerprint density at radius 1 is 1.44 bits per heavy atom. The molecular weight excluding hydrogens is 301 g/mol. The van der Waals surface area contributed by atoms with Crippen molar-refractivity contribution in [3.05, 3.63) is 45.9 Å². The molecule has 6 heteroatoms. The van der Waals surface area contributed by atoms with Crippen LogP contribution in [-0.4, -0.2) is 9.97 Å². The number of hydrogen-bond donors (Lipinski definition) is 1. The number of aromatic nitrogens is 2. The highest BCUT2D eigenvalue weighted by Crippen LogP contribution is 2.20. The number of aryl methyl sites for hydroxylation is 1. The van der Waals surface area contributed by atoms with Gasteiger partial charge in [0.2, 0.25) is 0 Å². The monoisotopic (exact) mass is 311 g/mol. The van der Waals surface area contributed by atoms with E-state index in [-0.39, 0.29) is 24.1 Å². The molecule has 1 heterocycles. The van der Waals surface area contributed by atoms with Crippen LogP contribution in [0.15, 0.2) is 29.0 Å². The fourth-order valence-electron chi connectivity index (χ4n) is 1.41. The van der Waals surface area contributed by atoms with Gasteiger partial charge in [0, 0.05) is 0 Å². The number of nitrogens with zero attached hydrogens (tertiary/aromatic N) is 2. The maximum atomic E-state index is 13.1. The van der Waals surface area contributed by atoms with Crippen LogP contribution in [0.3, 0.4) is 0 Å². The van der Waals surface area contributed by atoms with Crippen molar-refractivity contribution < 1.29 is 9.13 Å². The normalized spacial score (nSPS) is 10.4. The molecule has 0 atom stereocenters. The first kappa shape index (κ1) is 12.8. The van der Waals surface area contributed by atoms with Gasteiger partial charge in [-0.2, -0.15) is 0 Å². The summed E-state index contributed by atoms with van der Waals surface area (Å²) >= 11 is 3.18. The number of halogens is 2. The summed E-state index contributed by atoms with van der Waals surface area (Å²) < 4.78 is 19.1. The lowest BCUT2D eigenvalue weighted by Gasteiger charge is -2.09. The summed E-state index contributed by atoms with van der Waals surface area (Å²) in [5.41, 5.74) is 7.32. The van der Waals surface area contributed by atoms with E-state index in [1.54, 1.807) is 6.07 Å². The molecule has 2 aromatic rings. The van der Waals surface area contributed by atoms with Crippen molar-refractivity contribution in [2.24, 2.45) is 0 Å². The molecule has 1 aromatic heterocycles. The molecule has 0 amide bonds. The summed E-state index contributed by atoms with van der Waals surface area (Å²) in [6.45, 7) is 2.08. The quantitative estimate of drug-likeness (QED) is 0.947. The molecule has 18 heavy (non-hydrogen) atoms. The molecule has 2 rings (SSSR count). The standard InChI is InChI=1S/C12H11BrFN3O/c1-7-2-3-9(14)4-8(7)6-18-12-11(15)16-5-10(13)17-12/h2-5H,6H2,1H3,(H2,15,16). The Balaban J connectivity index is 2.16. The van der Waals surface area contributed by atoms with Gasteiger partial charge in [0.25, 0.3) is 5.88 Å². The van der Waals surface area contributed by atoms with Gasteiger partial charge in [0.1, 0.15) is 17.0 Å². The van der Waals surface area contributed by atoms with Crippen molar-refractivity contribution in [2.45, 2.75) is 13.5 Å². The van der Waals surface area contributed by atoms with E-state index in [4.69, 9.17) is 10.5 Å². The van der Waals surface area contributed by atoms with E-state index >= 15 is 0 Å². The van der Waals surface area contributed by atoms with Crippen molar-refractivity contribution in [3.63, 3.8) is 0 Å². The fourth-order valence-corrected chi connectivity index (χ4v) is 1.67. The Morgan fingerprint density at radius 2 is 2.22 bits per heavy atom. The van der Waals surface area contributed by atoms with Crippen LogP contribution < -0.4 is 10.5 Å². The summed E-state index contributed by atoms with van der Waals surface area (Å²) in [5.74, 6) is 0.132. The van der Waals surface area contributed by atoms with Crippen molar-refractivity contribution >= 4 is 21.7 Å². The lowest BCUT2D eigenvalue weighted by molar-refractivity contribution is 0.292.